The van der Waals surface area contributed by atoms with Crippen LogP contribution in [0.25, 0.3) is 0 Å². The standard InChI is InChI=1S/C16H20F5NO4Si/c1-27(2,3)5-4-26-15(25)22-12(14(23)24)8-9-6-10(17)13(11(18)7-9)16(19,20)21/h6-7,12H,4-5,8H2,1-3H3,(H,22,25)(H,23,24). The number of alkyl carbamates (subject to hydrolysis) is 1. The predicted octanol–water partition coefficient (Wildman–Crippen LogP) is 4.04. The Morgan fingerprint density at radius 1 is 1.19 bits per heavy atom. The Kier molecular flexibility index (Phi) is 7.35. The molecular weight excluding hydrogens is 393 g/mol. The summed E-state index contributed by atoms with van der Waals surface area (Å²) in [5.74, 6) is -5.25. The first-order valence-electron chi connectivity index (χ1n) is 7.92. The van der Waals surface area contributed by atoms with Crippen LogP contribution in [0.4, 0.5) is 26.7 Å². The SMILES string of the molecule is C[Si](C)(C)CCOC(=O)NC(Cc1cc(F)c(C(F)(F)F)c(F)c1)C(=O)O. The Morgan fingerprint density at radius 3 is 2.11 bits per heavy atom. The molecule has 1 aromatic rings. The summed E-state index contributed by atoms with van der Waals surface area (Å²) in [4.78, 5) is 22.9. The number of carbonyl (C=O) groups excluding carboxylic acids is 1. The van der Waals surface area contributed by atoms with E-state index in [0.717, 1.165) is 0 Å². The van der Waals surface area contributed by atoms with Gasteiger partial charge in [0.1, 0.15) is 23.2 Å². The molecule has 0 spiro atoms. The van der Waals surface area contributed by atoms with Crippen LogP contribution in [0.3, 0.4) is 0 Å². The summed E-state index contributed by atoms with van der Waals surface area (Å²) in [6.07, 6.45) is -6.88. The van der Waals surface area contributed by atoms with Crippen molar-refractivity contribution in [2.75, 3.05) is 6.61 Å². The van der Waals surface area contributed by atoms with Crippen LogP contribution >= 0.6 is 0 Å². The molecule has 0 aliphatic rings. The van der Waals surface area contributed by atoms with Crippen LogP contribution in [0, 0.1) is 11.6 Å². The maximum absolute atomic E-state index is 13.6. The molecule has 11 heteroatoms. The van der Waals surface area contributed by atoms with Crippen molar-refractivity contribution in [1.29, 1.82) is 0 Å². The van der Waals surface area contributed by atoms with Gasteiger partial charge in [0, 0.05) is 14.5 Å². The van der Waals surface area contributed by atoms with Crippen LogP contribution in [0.2, 0.25) is 25.7 Å². The van der Waals surface area contributed by atoms with E-state index in [1.807, 2.05) is 25.0 Å². The van der Waals surface area contributed by atoms with Crippen molar-refractivity contribution in [2.45, 2.75) is 44.3 Å². The van der Waals surface area contributed by atoms with E-state index in [9.17, 15) is 31.5 Å². The topological polar surface area (TPSA) is 75.6 Å². The molecule has 27 heavy (non-hydrogen) atoms. The first-order chi connectivity index (χ1) is 12.2. The van der Waals surface area contributed by atoms with Gasteiger partial charge in [-0.3, -0.25) is 0 Å². The maximum atomic E-state index is 13.6. The summed E-state index contributed by atoms with van der Waals surface area (Å²) in [6.45, 7) is 6.21. The number of ether oxygens (including phenoxy) is 1. The molecule has 152 valence electrons. The van der Waals surface area contributed by atoms with E-state index < -0.39 is 56.0 Å². The summed E-state index contributed by atoms with van der Waals surface area (Å²) < 4.78 is 69.7. The normalized spacial score (nSPS) is 13.2. The fraction of sp³-hybridized carbons (Fsp3) is 0.500. The van der Waals surface area contributed by atoms with Crippen molar-refractivity contribution in [3.05, 3.63) is 34.9 Å². The number of nitrogens with one attached hydrogen (secondary N) is 1. The summed E-state index contributed by atoms with van der Waals surface area (Å²) in [7, 11) is -1.48. The van der Waals surface area contributed by atoms with Gasteiger partial charge in [0.15, 0.2) is 0 Å². The lowest BCUT2D eigenvalue weighted by Crippen LogP contribution is -2.43. The Bertz CT molecular complexity index is 680. The van der Waals surface area contributed by atoms with Crippen molar-refractivity contribution in [3.8, 4) is 0 Å². The van der Waals surface area contributed by atoms with Gasteiger partial charge in [0.05, 0.1) is 6.61 Å². The Balaban J connectivity index is 2.83. The van der Waals surface area contributed by atoms with Gasteiger partial charge in [0.2, 0.25) is 0 Å². The molecule has 0 saturated carbocycles. The molecule has 1 aromatic carbocycles. The van der Waals surface area contributed by atoms with Crippen LogP contribution in [0.1, 0.15) is 11.1 Å². The zero-order chi connectivity index (χ0) is 21.0. The van der Waals surface area contributed by atoms with E-state index >= 15 is 0 Å². The van der Waals surface area contributed by atoms with Gasteiger partial charge in [0.25, 0.3) is 0 Å². The Morgan fingerprint density at radius 2 is 1.70 bits per heavy atom. The monoisotopic (exact) mass is 413 g/mol. The third-order valence-electron chi connectivity index (χ3n) is 3.50. The van der Waals surface area contributed by atoms with E-state index in [1.165, 1.54) is 0 Å². The number of carboxylic acids is 1. The number of aliphatic carboxylic acids is 1. The molecule has 0 aliphatic heterocycles. The van der Waals surface area contributed by atoms with Crippen LogP contribution < -0.4 is 5.32 Å². The number of alkyl halides is 3. The average Bonchev–Trinajstić information content (AvgIpc) is 2.42. The van der Waals surface area contributed by atoms with Crippen LogP contribution in [-0.2, 0) is 22.1 Å². The second-order valence-electron chi connectivity index (χ2n) is 7.12. The van der Waals surface area contributed by atoms with Crippen LogP contribution in [0.15, 0.2) is 12.1 Å². The molecule has 1 amide bonds. The largest absolute Gasteiger partial charge is 0.480 e. The van der Waals surface area contributed by atoms with Gasteiger partial charge in [-0.25, -0.2) is 18.4 Å². The zero-order valence-electron chi connectivity index (χ0n) is 14.9. The molecule has 0 bridgehead atoms. The molecule has 2 N–H and O–H groups in total. The average molecular weight is 413 g/mol. The first-order valence-corrected chi connectivity index (χ1v) is 11.6. The van der Waals surface area contributed by atoms with Crippen molar-refractivity contribution < 1.29 is 41.4 Å². The molecular formula is C16H20F5NO4Si. The number of carbonyl (C=O) groups is 2. The quantitative estimate of drug-likeness (QED) is 0.523. The first kappa shape index (κ1) is 22.9. The molecule has 0 heterocycles. The summed E-state index contributed by atoms with van der Waals surface area (Å²) in [6, 6.07) is -0.201. The smallest absolute Gasteiger partial charge is 0.422 e. The number of rotatable bonds is 7. The van der Waals surface area contributed by atoms with Crippen molar-refractivity contribution >= 4 is 20.1 Å². The second kappa shape index (κ2) is 8.68. The van der Waals surface area contributed by atoms with Gasteiger partial charge >= 0.3 is 18.2 Å². The van der Waals surface area contributed by atoms with Gasteiger partial charge in [-0.1, -0.05) is 19.6 Å². The van der Waals surface area contributed by atoms with Crippen molar-refractivity contribution in [2.24, 2.45) is 0 Å². The number of amides is 1. The van der Waals surface area contributed by atoms with Crippen molar-refractivity contribution in [1.82, 2.24) is 5.32 Å². The maximum Gasteiger partial charge on any atom is 0.422 e. The molecule has 5 nitrogen and oxygen atoms in total. The molecule has 1 unspecified atom stereocenters. The molecule has 0 saturated heterocycles. The van der Waals surface area contributed by atoms with Crippen LogP contribution in [-0.4, -0.2) is 37.9 Å². The number of benzene rings is 1. The minimum atomic E-state index is -5.22. The highest BCUT2D eigenvalue weighted by atomic mass is 28.3. The molecule has 1 atom stereocenters. The fourth-order valence-electron chi connectivity index (χ4n) is 2.08. The second-order valence-corrected chi connectivity index (χ2v) is 12.7. The fourth-order valence-corrected chi connectivity index (χ4v) is 2.80. The molecule has 1 rings (SSSR count). The van der Waals surface area contributed by atoms with Gasteiger partial charge in [-0.15, -0.1) is 0 Å². The summed E-state index contributed by atoms with van der Waals surface area (Å²) in [5, 5.41) is 11.2. The predicted molar refractivity (Wildman–Crippen MR) is 89.1 cm³/mol. The van der Waals surface area contributed by atoms with Gasteiger partial charge in [-0.05, 0) is 23.7 Å². The third kappa shape index (κ3) is 7.53. The molecule has 0 radical (unpaired) electrons. The van der Waals surface area contributed by atoms with E-state index in [1.54, 1.807) is 0 Å². The summed E-state index contributed by atoms with van der Waals surface area (Å²) >= 11 is 0. The van der Waals surface area contributed by atoms with E-state index in [0.29, 0.717) is 18.2 Å². The minimum Gasteiger partial charge on any atom is -0.480 e. The van der Waals surface area contributed by atoms with E-state index in [-0.39, 0.29) is 12.2 Å². The van der Waals surface area contributed by atoms with Gasteiger partial charge in [-0.2, -0.15) is 13.2 Å². The number of halogens is 5. The number of hydrogen-bond acceptors (Lipinski definition) is 3. The highest BCUT2D eigenvalue weighted by molar-refractivity contribution is 6.76. The van der Waals surface area contributed by atoms with E-state index in [4.69, 9.17) is 9.84 Å². The molecule has 0 aliphatic carbocycles. The summed E-state index contributed by atoms with van der Waals surface area (Å²) in [5.41, 5.74) is -2.41. The molecule has 0 fully saturated rings. The highest BCUT2D eigenvalue weighted by Gasteiger charge is 2.38. The zero-order valence-corrected chi connectivity index (χ0v) is 15.9. The number of carboxylic acid groups (broad SMARTS) is 1. The Labute approximate surface area is 153 Å². The lowest BCUT2D eigenvalue weighted by Gasteiger charge is -2.18. The van der Waals surface area contributed by atoms with Gasteiger partial charge < -0.3 is 15.2 Å². The lowest BCUT2D eigenvalue weighted by molar-refractivity contribution is -0.142. The lowest BCUT2D eigenvalue weighted by atomic mass is 10.0. The van der Waals surface area contributed by atoms with E-state index in [2.05, 4.69) is 0 Å². The molecule has 0 aromatic heterocycles. The van der Waals surface area contributed by atoms with Crippen LogP contribution in [0.5, 0.6) is 0 Å². The highest BCUT2D eigenvalue weighted by Crippen LogP contribution is 2.34. The van der Waals surface area contributed by atoms with Crippen molar-refractivity contribution in [3.63, 3.8) is 0 Å². The number of hydrogen-bond donors (Lipinski definition) is 2. The Hall–Kier alpha value is -2.17. The third-order valence-corrected chi connectivity index (χ3v) is 5.20. The minimum absolute atomic E-state index is 0.0808.